The number of furan rings is 1. The number of hydrogen-bond donors (Lipinski definition) is 1. The molecule has 5 unspecified atom stereocenters. The van der Waals surface area contributed by atoms with Gasteiger partial charge in [0.15, 0.2) is 0 Å². The Hall–Kier alpha value is -4.14. The zero-order valence-electron chi connectivity index (χ0n) is 20.0. The minimum atomic E-state index is -0.884. The maximum absolute atomic E-state index is 13.4. The summed E-state index contributed by atoms with van der Waals surface area (Å²) in [7, 11) is 1.74. The number of para-hydroxylation sites is 1. The van der Waals surface area contributed by atoms with Crippen molar-refractivity contribution in [3.05, 3.63) is 82.7 Å². The fourth-order valence-corrected chi connectivity index (χ4v) is 6.11. The average Bonchev–Trinajstić information content (AvgIpc) is 3.69. The lowest BCUT2D eigenvalue weighted by molar-refractivity contribution is -0.144. The first-order valence-electron chi connectivity index (χ1n) is 12.1. The summed E-state index contributed by atoms with van der Waals surface area (Å²) in [6, 6.07) is 11.6. The minimum Gasteiger partial charge on any atom is -0.467 e. The Kier molecular flexibility index (Phi) is 5.10. The molecular weight excluding hydrogens is 460 g/mol. The van der Waals surface area contributed by atoms with Gasteiger partial charge in [0, 0.05) is 7.05 Å². The number of benzene rings is 1. The zero-order chi connectivity index (χ0) is 25.1. The summed E-state index contributed by atoms with van der Waals surface area (Å²) < 4.78 is 8.72. The summed E-state index contributed by atoms with van der Waals surface area (Å²) in [5.74, 6) is -1.24. The first kappa shape index (κ1) is 22.3. The van der Waals surface area contributed by atoms with Crippen LogP contribution in [0.2, 0.25) is 0 Å². The van der Waals surface area contributed by atoms with Gasteiger partial charge in [-0.15, -0.1) is 0 Å². The number of allylic oxidation sites excluding steroid dienone is 2. The number of nitrogens with one attached hydrogen (secondary N) is 1. The summed E-state index contributed by atoms with van der Waals surface area (Å²) in [6.45, 7) is 1.75. The van der Waals surface area contributed by atoms with Crippen LogP contribution in [0.4, 0.5) is 5.69 Å². The van der Waals surface area contributed by atoms with E-state index < -0.39 is 11.9 Å². The van der Waals surface area contributed by atoms with Crippen molar-refractivity contribution >= 4 is 23.4 Å². The fourth-order valence-electron chi connectivity index (χ4n) is 6.11. The van der Waals surface area contributed by atoms with Crippen LogP contribution in [0.5, 0.6) is 0 Å². The van der Waals surface area contributed by atoms with Gasteiger partial charge in [-0.1, -0.05) is 30.4 Å². The van der Waals surface area contributed by atoms with E-state index in [-0.39, 0.29) is 53.2 Å². The fraction of sp³-hybridized carbons (Fsp3) is 0.333. The average molecular weight is 487 g/mol. The molecule has 9 heteroatoms. The number of carbonyl (C=O) groups excluding carboxylic acids is 3. The van der Waals surface area contributed by atoms with Gasteiger partial charge in [0.25, 0.3) is 5.56 Å². The Morgan fingerprint density at radius 3 is 2.31 bits per heavy atom. The third-order valence-corrected chi connectivity index (χ3v) is 7.89. The first-order chi connectivity index (χ1) is 17.4. The molecule has 3 amide bonds. The van der Waals surface area contributed by atoms with Gasteiger partial charge in [0.1, 0.15) is 17.5 Å². The quantitative estimate of drug-likeness (QED) is 0.426. The number of likely N-dealkylation sites (tertiary alicyclic amines) is 1. The van der Waals surface area contributed by atoms with Crippen molar-refractivity contribution in [1.29, 1.82) is 0 Å². The molecule has 6 rings (SSSR count). The second kappa shape index (κ2) is 8.22. The molecule has 2 aliphatic carbocycles. The van der Waals surface area contributed by atoms with Crippen LogP contribution in [0.3, 0.4) is 0 Å². The van der Waals surface area contributed by atoms with Gasteiger partial charge in [0.2, 0.25) is 17.7 Å². The van der Waals surface area contributed by atoms with E-state index in [0.717, 1.165) is 6.42 Å². The van der Waals surface area contributed by atoms with Crippen LogP contribution in [-0.4, -0.2) is 32.0 Å². The molecule has 1 N–H and O–H groups in total. The van der Waals surface area contributed by atoms with Crippen molar-refractivity contribution in [2.45, 2.75) is 25.8 Å². The summed E-state index contributed by atoms with van der Waals surface area (Å²) in [4.78, 5) is 54.5. The van der Waals surface area contributed by atoms with Crippen LogP contribution < -0.4 is 10.9 Å². The normalized spacial score (nSPS) is 25.0. The van der Waals surface area contributed by atoms with Crippen LogP contribution in [0, 0.1) is 30.6 Å². The summed E-state index contributed by atoms with van der Waals surface area (Å²) in [6.07, 6.45) is 6.13. The lowest BCUT2D eigenvalue weighted by Gasteiger charge is -2.26. The van der Waals surface area contributed by atoms with Crippen molar-refractivity contribution in [3.8, 4) is 5.69 Å². The van der Waals surface area contributed by atoms with E-state index in [1.807, 2.05) is 42.5 Å². The molecule has 1 aliphatic heterocycles. The summed E-state index contributed by atoms with van der Waals surface area (Å²) in [5.41, 5.74) is 1.04. The Morgan fingerprint density at radius 2 is 1.69 bits per heavy atom. The lowest BCUT2D eigenvalue weighted by atomic mass is 9.85. The van der Waals surface area contributed by atoms with E-state index in [1.165, 1.54) is 15.8 Å². The number of nitrogens with zero attached hydrogens (tertiary/aromatic N) is 3. The maximum Gasteiger partial charge on any atom is 0.295 e. The Bertz CT molecular complexity index is 1420. The van der Waals surface area contributed by atoms with Gasteiger partial charge >= 0.3 is 0 Å². The van der Waals surface area contributed by atoms with Gasteiger partial charge in [-0.3, -0.25) is 28.8 Å². The van der Waals surface area contributed by atoms with Crippen molar-refractivity contribution in [2.24, 2.45) is 30.7 Å². The number of amides is 3. The molecule has 3 aliphatic rings. The topological polar surface area (TPSA) is 107 Å². The van der Waals surface area contributed by atoms with Crippen LogP contribution >= 0.6 is 0 Å². The highest BCUT2D eigenvalue weighted by molar-refractivity contribution is 6.07. The van der Waals surface area contributed by atoms with Gasteiger partial charge in [-0.2, -0.15) is 0 Å². The third kappa shape index (κ3) is 3.22. The largest absolute Gasteiger partial charge is 0.467 e. The molecule has 1 saturated carbocycles. The SMILES string of the molecule is Cc1c(NC(=O)CC(c2ccco2)N2C(=O)C3C4C=CC(C4)C3C2=O)c(=O)n(-c2ccccc2)n1C. The molecule has 2 aromatic heterocycles. The van der Waals surface area contributed by atoms with Crippen LogP contribution in [-0.2, 0) is 21.4 Å². The van der Waals surface area contributed by atoms with Gasteiger partial charge in [-0.25, -0.2) is 4.68 Å². The first-order valence-corrected chi connectivity index (χ1v) is 12.1. The highest BCUT2D eigenvalue weighted by Gasteiger charge is 2.60. The Balaban J connectivity index is 1.29. The predicted molar refractivity (Wildman–Crippen MR) is 130 cm³/mol. The van der Waals surface area contributed by atoms with E-state index in [1.54, 1.807) is 30.8 Å². The Labute approximate surface area is 207 Å². The second-order valence-corrected chi connectivity index (χ2v) is 9.77. The van der Waals surface area contributed by atoms with Crippen molar-refractivity contribution in [2.75, 3.05) is 5.32 Å². The molecule has 9 nitrogen and oxygen atoms in total. The molecule has 184 valence electrons. The van der Waals surface area contributed by atoms with Crippen molar-refractivity contribution in [1.82, 2.24) is 14.3 Å². The summed E-state index contributed by atoms with van der Waals surface area (Å²) in [5, 5.41) is 2.74. The standard InChI is InChI=1S/C27H26N4O5/c1-15-24(27(35)31(29(15)2)18-7-4-3-5-8-18)28-21(32)14-19(20-9-6-12-36-20)30-25(33)22-16-10-11-17(13-16)23(22)26(30)34/h3-12,16-17,19,22-23H,13-14H2,1-2H3,(H,28,32). The number of rotatable bonds is 6. The molecule has 0 radical (unpaired) electrons. The van der Waals surface area contributed by atoms with E-state index >= 15 is 0 Å². The molecule has 1 saturated heterocycles. The number of fused-ring (bicyclic) bond motifs is 5. The second-order valence-electron chi connectivity index (χ2n) is 9.77. The molecule has 0 spiro atoms. The molecule has 2 fully saturated rings. The van der Waals surface area contributed by atoms with Gasteiger partial charge < -0.3 is 9.73 Å². The molecule has 36 heavy (non-hydrogen) atoms. The van der Waals surface area contributed by atoms with Crippen molar-refractivity contribution < 1.29 is 18.8 Å². The molecule has 3 heterocycles. The number of aromatic nitrogens is 2. The van der Waals surface area contributed by atoms with E-state index in [4.69, 9.17) is 4.42 Å². The van der Waals surface area contributed by atoms with E-state index in [2.05, 4.69) is 5.32 Å². The molecule has 3 aromatic rings. The van der Waals surface area contributed by atoms with E-state index in [0.29, 0.717) is 17.1 Å². The highest BCUT2D eigenvalue weighted by atomic mass is 16.3. The smallest absolute Gasteiger partial charge is 0.295 e. The number of carbonyl (C=O) groups is 3. The number of hydrogen-bond acceptors (Lipinski definition) is 5. The van der Waals surface area contributed by atoms with Crippen molar-refractivity contribution in [3.63, 3.8) is 0 Å². The van der Waals surface area contributed by atoms with E-state index in [9.17, 15) is 19.2 Å². The molecular formula is C27H26N4O5. The molecule has 5 atom stereocenters. The lowest BCUT2D eigenvalue weighted by Crippen LogP contribution is -2.38. The molecule has 1 aromatic carbocycles. The van der Waals surface area contributed by atoms with Crippen LogP contribution in [0.15, 0.2) is 70.1 Å². The predicted octanol–water partition coefficient (Wildman–Crippen LogP) is 2.95. The Morgan fingerprint density at radius 1 is 1.03 bits per heavy atom. The maximum atomic E-state index is 13.4. The van der Waals surface area contributed by atoms with Crippen LogP contribution in [0.25, 0.3) is 5.69 Å². The summed E-state index contributed by atoms with van der Waals surface area (Å²) >= 11 is 0. The zero-order valence-corrected chi connectivity index (χ0v) is 20.0. The number of imide groups is 1. The van der Waals surface area contributed by atoms with Gasteiger partial charge in [0.05, 0.1) is 35.9 Å². The monoisotopic (exact) mass is 486 g/mol. The minimum absolute atomic E-state index is 0.0657. The molecule has 2 bridgehead atoms. The third-order valence-electron chi connectivity index (χ3n) is 7.89. The number of anilines is 1. The van der Waals surface area contributed by atoms with Crippen LogP contribution in [0.1, 0.15) is 30.3 Å². The highest BCUT2D eigenvalue weighted by Crippen LogP contribution is 2.54. The van der Waals surface area contributed by atoms with Gasteiger partial charge in [-0.05, 0) is 49.4 Å².